The largest absolute Gasteiger partial charge is 0.494 e. The third-order valence-corrected chi connectivity index (χ3v) is 4.80. The molecule has 4 rings (SSSR count). The van der Waals surface area contributed by atoms with Gasteiger partial charge in [0.15, 0.2) is 0 Å². The number of rotatable bonds is 6. The number of nitrogens with zero attached hydrogens (tertiary/aromatic N) is 2. The second-order valence-electron chi connectivity index (χ2n) is 6.75. The monoisotopic (exact) mass is 422 g/mol. The maximum Gasteiger partial charge on any atom is 0.254 e. The van der Waals surface area contributed by atoms with Crippen molar-refractivity contribution < 1.29 is 18.7 Å². The SMILES string of the molecule is COc1cc(F)ccc1Nc1ncc(C(N)=O)c(Nc2cccc3c2CCNC3=O)n1. The van der Waals surface area contributed by atoms with Gasteiger partial charge in [-0.15, -0.1) is 0 Å². The molecule has 5 N–H and O–H groups in total. The van der Waals surface area contributed by atoms with Crippen LogP contribution in [0.5, 0.6) is 5.75 Å². The molecule has 0 spiro atoms. The summed E-state index contributed by atoms with van der Waals surface area (Å²) in [6.07, 6.45) is 1.91. The van der Waals surface area contributed by atoms with E-state index in [1.807, 2.05) is 0 Å². The number of methoxy groups -OCH3 is 1. The van der Waals surface area contributed by atoms with E-state index in [1.165, 1.54) is 31.5 Å². The number of nitrogens with one attached hydrogen (secondary N) is 3. The summed E-state index contributed by atoms with van der Waals surface area (Å²) in [5, 5.41) is 8.84. The molecule has 0 unspecified atom stereocenters. The average molecular weight is 422 g/mol. The molecule has 1 aromatic heterocycles. The van der Waals surface area contributed by atoms with E-state index in [0.717, 1.165) is 5.56 Å². The molecule has 2 aromatic carbocycles. The van der Waals surface area contributed by atoms with Crippen LogP contribution in [0.4, 0.5) is 27.5 Å². The van der Waals surface area contributed by atoms with Gasteiger partial charge in [0.25, 0.3) is 11.8 Å². The summed E-state index contributed by atoms with van der Waals surface area (Å²) < 4.78 is 18.6. The lowest BCUT2D eigenvalue weighted by atomic mass is 9.98. The normalized spacial score (nSPS) is 12.5. The molecule has 10 heteroatoms. The van der Waals surface area contributed by atoms with E-state index in [4.69, 9.17) is 10.5 Å². The molecule has 9 nitrogen and oxygen atoms in total. The third kappa shape index (κ3) is 4.08. The van der Waals surface area contributed by atoms with Gasteiger partial charge in [-0.3, -0.25) is 9.59 Å². The van der Waals surface area contributed by atoms with Crippen LogP contribution in [0.3, 0.4) is 0 Å². The van der Waals surface area contributed by atoms with Gasteiger partial charge in [-0.1, -0.05) is 6.07 Å². The lowest BCUT2D eigenvalue weighted by molar-refractivity contribution is 0.0944. The molecule has 2 amide bonds. The second kappa shape index (κ2) is 8.27. The molecule has 0 fully saturated rings. The summed E-state index contributed by atoms with van der Waals surface area (Å²) in [6.45, 7) is 0.508. The first-order chi connectivity index (χ1) is 15.0. The van der Waals surface area contributed by atoms with Crippen molar-refractivity contribution in [2.24, 2.45) is 5.73 Å². The number of primary amides is 1. The maximum atomic E-state index is 13.5. The molecule has 0 atom stereocenters. The van der Waals surface area contributed by atoms with E-state index in [1.54, 1.807) is 18.2 Å². The van der Waals surface area contributed by atoms with Gasteiger partial charge in [-0.05, 0) is 36.2 Å². The van der Waals surface area contributed by atoms with Crippen LogP contribution in [0.25, 0.3) is 0 Å². The molecule has 0 radical (unpaired) electrons. The van der Waals surface area contributed by atoms with Crippen molar-refractivity contribution >= 4 is 35.0 Å². The quantitative estimate of drug-likeness (QED) is 0.480. The number of anilines is 4. The first-order valence-electron chi connectivity index (χ1n) is 9.41. The van der Waals surface area contributed by atoms with Crippen molar-refractivity contribution in [3.8, 4) is 5.75 Å². The van der Waals surface area contributed by atoms with Crippen LogP contribution in [0, 0.1) is 5.82 Å². The van der Waals surface area contributed by atoms with Crippen LogP contribution in [-0.2, 0) is 6.42 Å². The zero-order valence-electron chi connectivity index (χ0n) is 16.5. The second-order valence-corrected chi connectivity index (χ2v) is 6.75. The summed E-state index contributed by atoms with van der Waals surface area (Å²) in [5.74, 6) is -0.747. The fourth-order valence-electron chi connectivity index (χ4n) is 3.32. The number of benzene rings is 2. The van der Waals surface area contributed by atoms with Gasteiger partial charge < -0.3 is 26.4 Å². The van der Waals surface area contributed by atoms with E-state index < -0.39 is 11.7 Å². The first kappa shape index (κ1) is 20.1. The fraction of sp³-hybridized carbons (Fsp3) is 0.143. The zero-order chi connectivity index (χ0) is 22.0. The number of carbonyl (C=O) groups is 2. The third-order valence-electron chi connectivity index (χ3n) is 4.80. The van der Waals surface area contributed by atoms with Crippen LogP contribution >= 0.6 is 0 Å². The Bertz CT molecular complexity index is 1180. The Morgan fingerprint density at radius 1 is 1.23 bits per heavy atom. The van der Waals surface area contributed by atoms with Gasteiger partial charge in [-0.25, -0.2) is 9.37 Å². The number of ether oxygens (including phenoxy) is 1. The molecule has 2 heterocycles. The van der Waals surface area contributed by atoms with E-state index in [9.17, 15) is 14.0 Å². The molecular formula is C21H19FN6O3. The minimum atomic E-state index is -0.712. The molecule has 3 aromatic rings. The molecular weight excluding hydrogens is 403 g/mol. The lowest BCUT2D eigenvalue weighted by Crippen LogP contribution is -2.32. The number of nitrogens with two attached hydrogens (primary N) is 1. The molecule has 1 aliphatic rings. The topological polar surface area (TPSA) is 131 Å². The minimum Gasteiger partial charge on any atom is -0.494 e. The molecule has 31 heavy (non-hydrogen) atoms. The van der Waals surface area contributed by atoms with Crippen LogP contribution in [0.2, 0.25) is 0 Å². The molecule has 0 bridgehead atoms. The lowest BCUT2D eigenvalue weighted by Gasteiger charge is -2.21. The Morgan fingerprint density at radius 3 is 2.84 bits per heavy atom. The molecule has 0 saturated heterocycles. The van der Waals surface area contributed by atoms with Gasteiger partial charge in [0, 0.05) is 30.1 Å². The highest BCUT2D eigenvalue weighted by Gasteiger charge is 2.21. The van der Waals surface area contributed by atoms with Crippen molar-refractivity contribution in [1.29, 1.82) is 0 Å². The average Bonchev–Trinajstić information content (AvgIpc) is 2.75. The Balaban J connectivity index is 1.70. The summed E-state index contributed by atoms with van der Waals surface area (Å²) >= 11 is 0. The van der Waals surface area contributed by atoms with Crippen molar-refractivity contribution in [3.63, 3.8) is 0 Å². The molecule has 0 aliphatic carbocycles. The number of halogens is 1. The summed E-state index contributed by atoms with van der Waals surface area (Å²) in [5.41, 5.74) is 8.01. The highest BCUT2D eigenvalue weighted by molar-refractivity contribution is 6.00. The predicted octanol–water partition coefficient (Wildman–Crippen LogP) is 2.50. The Hall–Kier alpha value is -4.21. The van der Waals surface area contributed by atoms with Crippen LogP contribution < -0.4 is 26.4 Å². The maximum absolute atomic E-state index is 13.5. The number of hydrogen-bond donors (Lipinski definition) is 4. The van der Waals surface area contributed by atoms with Gasteiger partial charge in [0.2, 0.25) is 5.95 Å². The van der Waals surface area contributed by atoms with E-state index in [0.29, 0.717) is 29.9 Å². The first-order valence-corrected chi connectivity index (χ1v) is 9.41. The smallest absolute Gasteiger partial charge is 0.254 e. The number of hydrogen-bond acceptors (Lipinski definition) is 7. The van der Waals surface area contributed by atoms with Crippen molar-refractivity contribution in [2.75, 3.05) is 24.3 Å². The van der Waals surface area contributed by atoms with E-state index in [-0.39, 0.29) is 29.0 Å². The highest BCUT2D eigenvalue weighted by atomic mass is 19.1. The summed E-state index contributed by atoms with van der Waals surface area (Å²) in [4.78, 5) is 32.5. The Labute approximate surface area is 176 Å². The van der Waals surface area contributed by atoms with E-state index in [2.05, 4.69) is 25.9 Å². The minimum absolute atomic E-state index is 0.0782. The fourth-order valence-corrected chi connectivity index (χ4v) is 3.32. The number of fused-ring (bicyclic) bond motifs is 1. The molecule has 0 saturated carbocycles. The number of amides is 2. The van der Waals surface area contributed by atoms with Gasteiger partial charge in [-0.2, -0.15) is 4.98 Å². The van der Waals surface area contributed by atoms with E-state index >= 15 is 0 Å². The Morgan fingerprint density at radius 2 is 2.06 bits per heavy atom. The van der Waals surface area contributed by atoms with Crippen molar-refractivity contribution in [1.82, 2.24) is 15.3 Å². The van der Waals surface area contributed by atoms with Crippen LogP contribution in [0.15, 0.2) is 42.6 Å². The van der Waals surface area contributed by atoms with Crippen LogP contribution in [0.1, 0.15) is 26.3 Å². The highest BCUT2D eigenvalue weighted by Crippen LogP contribution is 2.30. The number of carbonyl (C=O) groups excluding carboxylic acids is 2. The summed E-state index contributed by atoms with van der Waals surface area (Å²) in [6, 6.07) is 9.24. The number of aromatic nitrogens is 2. The Kier molecular flexibility index (Phi) is 5.35. The zero-order valence-corrected chi connectivity index (χ0v) is 16.5. The van der Waals surface area contributed by atoms with Gasteiger partial charge in [0.05, 0.1) is 12.8 Å². The van der Waals surface area contributed by atoms with Crippen LogP contribution in [-0.4, -0.2) is 35.4 Å². The molecule has 158 valence electrons. The standard InChI is InChI=1S/C21H19FN6O3/c1-31-17-9-11(22)5-6-16(17)27-21-25-10-14(18(23)29)19(28-21)26-15-4-2-3-13-12(15)7-8-24-20(13)30/h2-6,9-10H,7-8H2,1H3,(H2,23,29)(H,24,30)(H2,25,26,27,28). The van der Waals surface area contributed by atoms with Gasteiger partial charge >= 0.3 is 0 Å². The van der Waals surface area contributed by atoms with Crippen molar-refractivity contribution in [3.05, 3.63) is 65.1 Å². The predicted molar refractivity (Wildman–Crippen MR) is 113 cm³/mol. The van der Waals surface area contributed by atoms with Crippen molar-refractivity contribution in [2.45, 2.75) is 6.42 Å². The molecule has 1 aliphatic heterocycles. The van der Waals surface area contributed by atoms with Gasteiger partial charge in [0.1, 0.15) is 22.9 Å². The summed E-state index contributed by atoms with van der Waals surface area (Å²) in [7, 11) is 1.42.